The maximum Gasteiger partial charge on any atom is 0.147 e. The third kappa shape index (κ3) is 2.78. The van der Waals surface area contributed by atoms with Crippen LogP contribution in [-0.2, 0) is 11.3 Å². The van der Waals surface area contributed by atoms with E-state index in [1.165, 1.54) is 12.1 Å². The summed E-state index contributed by atoms with van der Waals surface area (Å²) in [4.78, 5) is 13.0. The molecule has 0 aliphatic carbocycles. The number of hydrogen-bond acceptors (Lipinski definition) is 3. The van der Waals surface area contributed by atoms with Crippen LogP contribution in [0.1, 0.15) is 19.4 Å². The van der Waals surface area contributed by atoms with Gasteiger partial charge in [-0.15, -0.1) is 0 Å². The van der Waals surface area contributed by atoms with Crippen LogP contribution in [-0.4, -0.2) is 29.5 Å². The van der Waals surface area contributed by atoms with Crippen LogP contribution in [0.5, 0.6) is 0 Å². The molecule has 0 bridgehead atoms. The summed E-state index contributed by atoms with van der Waals surface area (Å²) in [5.41, 5.74) is 1.64. The van der Waals surface area contributed by atoms with E-state index in [4.69, 9.17) is 0 Å². The monoisotopic (exact) mass is 248 g/mol. The molecule has 3 nitrogen and oxygen atoms in total. The maximum absolute atomic E-state index is 12.8. The van der Waals surface area contributed by atoms with E-state index in [0.717, 1.165) is 12.1 Å². The van der Waals surface area contributed by atoms with Gasteiger partial charge in [-0.2, -0.15) is 0 Å². The van der Waals surface area contributed by atoms with Crippen molar-refractivity contribution in [3.63, 3.8) is 0 Å². The normalized spacial score (nSPS) is 24.5. The van der Waals surface area contributed by atoms with Gasteiger partial charge >= 0.3 is 0 Å². The molecule has 1 heterocycles. The number of rotatable bonds is 2. The van der Waals surface area contributed by atoms with Crippen molar-refractivity contribution in [3.05, 3.63) is 41.3 Å². The van der Waals surface area contributed by atoms with Gasteiger partial charge in [0.05, 0.1) is 6.04 Å². The van der Waals surface area contributed by atoms with Gasteiger partial charge in [0.2, 0.25) is 0 Å². The van der Waals surface area contributed by atoms with Crippen molar-refractivity contribution in [2.24, 2.45) is 0 Å². The highest BCUT2D eigenvalue weighted by Crippen LogP contribution is 2.17. The molecule has 0 spiro atoms. The first-order valence-corrected chi connectivity index (χ1v) is 6.10. The first-order valence-electron chi connectivity index (χ1n) is 6.10. The van der Waals surface area contributed by atoms with Crippen LogP contribution in [0.3, 0.4) is 0 Å². The highest BCUT2D eigenvalue weighted by Gasteiger charge is 2.27. The van der Waals surface area contributed by atoms with E-state index in [9.17, 15) is 9.18 Å². The number of halogens is 1. The van der Waals surface area contributed by atoms with Gasteiger partial charge in [0.25, 0.3) is 0 Å². The van der Waals surface area contributed by atoms with E-state index < -0.39 is 0 Å². The minimum atomic E-state index is -0.228. The smallest absolute Gasteiger partial charge is 0.147 e. The molecule has 2 unspecified atom stereocenters. The highest BCUT2D eigenvalue weighted by molar-refractivity contribution is 5.54. The minimum Gasteiger partial charge on any atom is -0.374 e. The van der Waals surface area contributed by atoms with Crippen molar-refractivity contribution >= 4 is 5.94 Å². The lowest BCUT2D eigenvalue weighted by Crippen LogP contribution is -2.52. The van der Waals surface area contributed by atoms with Gasteiger partial charge in [0.1, 0.15) is 17.5 Å². The van der Waals surface area contributed by atoms with Crippen LogP contribution in [0.4, 0.5) is 4.39 Å². The van der Waals surface area contributed by atoms with Crippen LogP contribution in [0.15, 0.2) is 30.0 Å². The lowest BCUT2D eigenvalue weighted by molar-refractivity contribution is 0.169. The molecule has 96 valence electrons. The molecule has 2 rings (SSSR count). The van der Waals surface area contributed by atoms with Crippen molar-refractivity contribution in [3.8, 4) is 0 Å². The maximum atomic E-state index is 12.8. The van der Waals surface area contributed by atoms with Gasteiger partial charge in [0.15, 0.2) is 0 Å². The average Bonchev–Trinajstić information content (AvgIpc) is 2.36. The average molecular weight is 248 g/mol. The first kappa shape index (κ1) is 12.8. The molecule has 1 aliphatic rings. The fourth-order valence-corrected chi connectivity index (χ4v) is 2.26. The standard InChI is InChI=1S/C14H17FN2O/c1-10-7-17(11(2)14(9-18)16-10)8-12-3-5-13(15)6-4-12/h3-6,10-11,16H,7-8H2,1-2H3. The largest absolute Gasteiger partial charge is 0.374 e. The second-order valence-corrected chi connectivity index (χ2v) is 4.79. The molecular formula is C14H17FN2O. The minimum absolute atomic E-state index is 0.0174. The second kappa shape index (κ2) is 5.34. The fraction of sp³-hybridized carbons (Fsp3) is 0.429. The van der Waals surface area contributed by atoms with E-state index in [1.807, 2.05) is 19.8 Å². The van der Waals surface area contributed by atoms with Crippen LogP contribution >= 0.6 is 0 Å². The third-order valence-corrected chi connectivity index (χ3v) is 3.28. The summed E-state index contributed by atoms with van der Waals surface area (Å²) >= 11 is 0. The van der Waals surface area contributed by atoms with Gasteiger partial charge in [-0.1, -0.05) is 12.1 Å². The van der Waals surface area contributed by atoms with Gasteiger partial charge < -0.3 is 5.32 Å². The summed E-state index contributed by atoms with van der Waals surface area (Å²) in [5.74, 6) is 1.74. The summed E-state index contributed by atoms with van der Waals surface area (Å²) in [6.07, 6.45) is 0. The Morgan fingerprint density at radius 1 is 1.39 bits per heavy atom. The number of nitrogens with one attached hydrogen (secondary N) is 1. The SMILES string of the molecule is CC1CN(Cc2ccc(F)cc2)C(C)C(=C=O)N1. The molecule has 1 saturated heterocycles. The second-order valence-electron chi connectivity index (χ2n) is 4.79. The van der Waals surface area contributed by atoms with Crippen molar-refractivity contribution in [2.45, 2.75) is 32.5 Å². The van der Waals surface area contributed by atoms with Crippen molar-refractivity contribution in [1.82, 2.24) is 10.2 Å². The van der Waals surface area contributed by atoms with Gasteiger partial charge in [-0.3, -0.25) is 4.90 Å². The molecule has 0 radical (unpaired) electrons. The van der Waals surface area contributed by atoms with E-state index in [1.54, 1.807) is 12.1 Å². The third-order valence-electron chi connectivity index (χ3n) is 3.28. The fourth-order valence-electron chi connectivity index (χ4n) is 2.26. The zero-order chi connectivity index (χ0) is 13.1. The summed E-state index contributed by atoms with van der Waals surface area (Å²) in [7, 11) is 0. The van der Waals surface area contributed by atoms with Crippen molar-refractivity contribution in [1.29, 1.82) is 0 Å². The molecule has 0 aromatic heterocycles. The van der Waals surface area contributed by atoms with Gasteiger partial charge in [0, 0.05) is 19.1 Å². The number of benzene rings is 1. The van der Waals surface area contributed by atoms with Crippen LogP contribution in [0.25, 0.3) is 0 Å². The Balaban J connectivity index is 2.12. The molecule has 0 saturated carbocycles. The number of piperazine rings is 1. The molecule has 1 aliphatic heterocycles. The van der Waals surface area contributed by atoms with E-state index in [0.29, 0.717) is 12.2 Å². The Hall–Kier alpha value is -1.64. The van der Waals surface area contributed by atoms with Crippen molar-refractivity contribution in [2.75, 3.05) is 6.54 Å². The molecule has 1 N–H and O–H groups in total. The van der Waals surface area contributed by atoms with E-state index in [2.05, 4.69) is 10.2 Å². The van der Waals surface area contributed by atoms with E-state index >= 15 is 0 Å². The molecular weight excluding hydrogens is 231 g/mol. The summed E-state index contributed by atoms with van der Waals surface area (Å²) in [5, 5.41) is 3.13. The number of nitrogens with zero attached hydrogens (tertiary/aromatic N) is 1. The van der Waals surface area contributed by atoms with Crippen LogP contribution in [0, 0.1) is 5.82 Å². The lowest BCUT2D eigenvalue weighted by Gasteiger charge is -2.38. The Morgan fingerprint density at radius 3 is 2.67 bits per heavy atom. The highest BCUT2D eigenvalue weighted by atomic mass is 19.1. The predicted octanol–water partition coefficient (Wildman–Crippen LogP) is 1.72. The molecule has 1 fully saturated rings. The number of carbonyl (C=O) groups excluding carboxylic acids is 1. The Kier molecular flexibility index (Phi) is 3.80. The van der Waals surface area contributed by atoms with Crippen LogP contribution in [0.2, 0.25) is 0 Å². The molecule has 1 aromatic carbocycles. The van der Waals surface area contributed by atoms with Crippen molar-refractivity contribution < 1.29 is 9.18 Å². The first-order chi connectivity index (χ1) is 8.60. The van der Waals surface area contributed by atoms with Gasteiger partial charge in [-0.25, -0.2) is 9.18 Å². The molecule has 1 aromatic rings. The Labute approximate surface area is 106 Å². The molecule has 4 heteroatoms. The Morgan fingerprint density at radius 2 is 2.06 bits per heavy atom. The zero-order valence-corrected chi connectivity index (χ0v) is 10.6. The van der Waals surface area contributed by atoms with E-state index in [-0.39, 0.29) is 17.9 Å². The van der Waals surface area contributed by atoms with Crippen LogP contribution < -0.4 is 5.32 Å². The zero-order valence-electron chi connectivity index (χ0n) is 10.6. The molecule has 18 heavy (non-hydrogen) atoms. The lowest BCUT2D eigenvalue weighted by atomic mass is 10.1. The predicted molar refractivity (Wildman–Crippen MR) is 68.1 cm³/mol. The quantitative estimate of drug-likeness (QED) is 0.809. The Bertz CT molecular complexity index is 465. The summed E-state index contributed by atoms with van der Waals surface area (Å²) in [6, 6.07) is 6.71. The summed E-state index contributed by atoms with van der Waals surface area (Å²) in [6.45, 7) is 5.56. The summed E-state index contributed by atoms with van der Waals surface area (Å²) < 4.78 is 12.8. The topological polar surface area (TPSA) is 32.3 Å². The molecule has 0 amide bonds. The number of hydrogen-bond donors (Lipinski definition) is 1. The van der Waals surface area contributed by atoms with Gasteiger partial charge in [-0.05, 0) is 31.5 Å². The molecule has 2 atom stereocenters.